The van der Waals surface area contributed by atoms with E-state index in [2.05, 4.69) is 21.3 Å². The number of aromatic hydroxyl groups is 1. The lowest BCUT2D eigenvalue weighted by Gasteiger charge is -2.14. The first-order valence-electron chi connectivity index (χ1n) is 12.3. The van der Waals surface area contributed by atoms with Crippen molar-refractivity contribution in [2.75, 3.05) is 29.0 Å². The Morgan fingerprint density at radius 2 is 1.63 bits per heavy atom. The number of rotatable bonds is 11. The molecular weight excluding hydrogens is 480 g/mol. The van der Waals surface area contributed by atoms with Crippen molar-refractivity contribution in [3.8, 4) is 16.9 Å². The summed E-state index contributed by atoms with van der Waals surface area (Å²) in [6.45, 7) is 0.904. The van der Waals surface area contributed by atoms with E-state index in [-0.39, 0.29) is 17.5 Å². The number of urea groups is 1. The molecule has 0 saturated heterocycles. The van der Waals surface area contributed by atoms with Gasteiger partial charge in [-0.1, -0.05) is 66.7 Å². The number of anilines is 3. The molecule has 4 aromatic carbocycles. The van der Waals surface area contributed by atoms with E-state index in [4.69, 9.17) is 0 Å². The molecule has 38 heavy (non-hydrogen) atoms. The highest BCUT2D eigenvalue weighted by atomic mass is 16.3. The van der Waals surface area contributed by atoms with Gasteiger partial charge in [0.1, 0.15) is 5.75 Å². The van der Waals surface area contributed by atoms with Crippen molar-refractivity contribution in [1.29, 1.82) is 0 Å². The van der Waals surface area contributed by atoms with Crippen LogP contribution in [-0.4, -0.2) is 35.7 Å². The molecule has 6 N–H and O–H groups in total. The van der Waals surface area contributed by atoms with Crippen LogP contribution in [0.1, 0.15) is 17.2 Å². The molecule has 0 spiro atoms. The second kappa shape index (κ2) is 13.0. The number of phenolic OH excluding ortho intramolecular Hbond substituents is 1. The van der Waals surface area contributed by atoms with Crippen LogP contribution < -0.4 is 21.3 Å². The topological polar surface area (TPSA) is 123 Å². The molecule has 0 saturated carbocycles. The molecule has 4 aromatic rings. The van der Waals surface area contributed by atoms with Crippen molar-refractivity contribution >= 4 is 29.5 Å². The number of carbonyl (C=O) groups excluding carboxylic acids is 2. The molecule has 4 rings (SSSR count). The van der Waals surface area contributed by atoms with Crippen molar-refractivity contribution in [1.82, 2.24) is 5.32 Å². The van der Waals surface area contributed by atoms with Gasteiger partial charge in [-0.05, 0) is 60.0 Å². The van der Waals surface area contributed by atoms with E-state index in [1.54, 1.807) is 6.07 Å². The van der Waals surface area contributed by atoms with E-state index >= 15 is 0 Å². The lowest BCUT2D eigenvalue weighted by Crippen LogP contribution is -2.24. The van der Waals surface area contributed by atoms with Crippen LogP contribution >= 0.6 is 0 Å². The quantitative estimate of drug-likeness (QED) is 0.0948. The van der Waals surface area contributed by atoms with E-state index in [1.165, 1.54) is 12.1 Å². The summed E-state index contributed by atoms with van der Waals surface area (Å²) in [6, 6.07) is 29.4. The fourth-order valence-corrected chi connectivity index (χ4v) is 4.08. The molecule has 8 nitrogen and oxygen atoms in total. The average molecular weight is 511 g/mol. The maximum Gasteiger partial charge on any atom is 0.323 e. The van der Waals surface area contributed by atoms with Gasteiger partial charge >= 0.3 is 6.03 Å². The number of para-hydroxylation sites is 1. The Morgan fingerprint density at radius 1 is 0.842 bits per heavy atom. The van der Waals surface area contributed by atoms with Crippen LogP contribution in [0.25, 0.3) is 11.1 Å². The molecule has 0 aliphatic carbocycles. The molecule has 0 radical (unpaired) electrons. The van der Waals surface area contributed by atoms with Crippen molar-refractivity contribution in [3.63, 3.8) is 0 Å². The zero-order chi connectivity index (χ0) is 26.7. The summed E-state index contributed by atoms with van der Waals surface area (Å²) >= 11 is 0. The molecule has 0 bridgehead atoms. The first-order chi connectivity index (χ1) is 18.5. The zero-order valence-electron chi connectivity index (χ0n) is 20.7. The smallest absolute Gasteiger partial charge is 0.323 e. The van der Waals surface area contributed by atoms with Gasteiger partial charge in [-0.25, -0.2) is 4.79 Å². The summed E-state index contributed by atoms with van der Waals surface area (Å²) in [5.74, 6) is -0.0661. The van der Waals surface area contributed by atoms with Crippen molar-refractivity contribution in [2.24, 2.45) is 0 Å². The Balaban J connectivity index is 1.28. The van der Waals surface area contributed by atoms with E-state index < -0.39 is 6.10 Å². The second-order valence-electron chi connectivity index (χ2n) is 8.70. The predicted molar refractivity (Wildman–Crippen MR) is 150 cm³/mol. The average Bonchev–Trinajstić information content (AvgIpc) is 2.93. The SMILES string of the molecule is O=CNc1cc([C@H](O)CNCCc2cccc(NC(=O)Nc3ccccc3-c3ccccc3)c2)ccc1O. The van der Waals surface area contributed by atoms with Crippen LogP contribution in [0, 0.1) is 0 Å². The third-order valence-electron chi connectivity index (χ3n) is 5.99. The molecule has 0 aromatic heterocycles. The van der Waals surface area contributed by atoms with E-state index in [0.29, 0.717) is 37.2 Å². The molecule has 0 heterocycles. The Hall–Kier alpha value is -4.66. The minimum Gasteiger partial charge on any atom is -0.506 e. The first-order valence-corrected chi connectivity index (χ1v) is 12.3. The Kier molecular flexibility index (Phi) is 9.07. The maximum atomic E-state index is 12.7. The number of benzene rings is 4. The summed E-state index contributed by atoms with van der Waals surface area (Å²) in [5, 5.41) is 31.7. The van der Waals surface area contributed by atoms with Crippen molar-refractivity contribution in [2.45, 2.75) is 12.5 Å². The summed E-state index contributed by atoms with van der Waals surface area (Å²) in [6.07, 6.45) is 0.353. The van der Waals surface area contributed by atoms with Crippen LogP contribution in [0.4, 0.5) is 21.9 Å². The number of phenols is 1. The minimum atomic E-state index is -0.807. The van der Waals surface area contributed by atoms with Gasteiger partial charge in [0.25, 0.3) is 0 Å². The normalized spacial score (nSPS) is 11.4. The summed E-state index contributed by atoms with van der Waals surface area (Å²) in [7, 11) is 0. The van der Waals surface area contributed by atoms with Gasteiger partial charge < -0.3 is 31.5 Å². The highest BCUT2D eigenvalue weighted by Gasteiger charge is 2.11. The van der Waals surface area contributed by atoms with Gasteiger partial charge in [-0.15, -0.1) is 0 Å². The van der Waals surface area contributed by atoms with Gasteiger partial charge in [-0.2, -0.15) is 0 Å². The summed E-state index contributed by atoms with van der Waals surface area (Å²) < 4.78 is 0. The molecule has 3 amide bonds. The van der Waals surface area contributed by atoms with Crippen LogP contribution in [0.5, 0.6) is 5.75 Å². The van der Waals surface area contributed by atoms with E-state index in [9.17, 15) is 19.8 Å². The van der Waals surface area contributed by atoms with Crippen molar-refractivity contribution < 1.29 is 19.8 Å². The number of nitrogens with one attached hydrogen (secondary N) is 4. The van der Waals surface area contributed by atoms with Crippen molar-refractivity contribution in [3.05, 3.63) is 108 Å². The number of amides is 3. The minimum absolute atomic E-state index is 0.0661. The highest BCUT2D eigenvalue weighted by molar-refractivity contribution is 6.02. The number of aliphatic hydroxyl groups is 1. The molecule has 8 heteroatoms. The predicted octanol–water partition coefficient (Wildman–Crippen LogP) is 5.14. The molecule has 1 atom stereocenters. The second-order valence-corrected chi connectivity index (χ2v) is 8.70. The van der Waals surface area contributed by atoms with Gasteiger partial charge in [0.15, 0.2) is 0 Å². The molecule has 0 aliphatic rings. The third-order valence-corrected chi connectivity index (χ3v) is 5.99. The lowest BCUT2D eigenvalue weighted by atomic mass is 10.0. The number of hydrogen-bond acceptors (Lipinski definition) is 5. The standard InChI is InChI=1S/C30H30N4O4/c35-20-32-27-18-23(13-14-28(27)36)29(37)19-31-16-15-21-7-6-10-24(17-21)33-30(38)34-26-12-5-4-11-25(26)22-8-2-1-3-9-22/h1-14,17-18,20,29,31,36-37H,15-16,19H2,(H,32,35)(H2,33,34,38)/t29-/m1/s1. The Bertz CT molecular complexity index is 1380. The Labute approximate surface area is 221 Å². The van der Waals surface area contributed by atoms with E-state index in [1.807, 2.05) is 78.9 Å². The molecule has 0 aliphatic heterocycles. The number of aliphatic hydroxyl groups excluding tert-OH is 1. The largest absolute Gasteiger partial charge is 0.506 e. The van der Waals surface area contributed by atoms with Gasteiger partial charge in [0.2, 0.25) is 6.41 Å². The van der Waals surface area contributed by atoms with Crippen LogP contribution in [0.15, 0.2) is 97.1 Å². The fourth-order valence-electron chi connectivity index (χ4n) is 4.08. The van der Waals surface area contributed by atoms with E-state index in [0.717, 1.165) is 22.4 Å². The van der Waals surface area contributed by atoms with Gasteiger partial charge in [-0.3, -0.25) is 4.79 Å². The van der Waals surface area contributed by atoms with Crippen LogP contribution in [-0.2, 0) is 11.2 Å². The fraction of sp³-hybridized carbons (Fsp3) is 0.133. The van der Waals surface area contributed by atoms with Gasteiger partial charge in [0.05, 0.1) is 17.5 Å². The number of carbonyl (C=O) groups is 2. The molecule has 0 unspecified atom stereocenters. The lowest BCUT2D eigenvalue weighted by molar-refractivity contribution is -0.105. The monoisotopic (exact) mass is 510 g/mol. The van der Waals surface area contributed by atoms with Gasteiger partial charge in [0, 0.05) is 17.8 Å². The van der Waals surface area contributed by atoms with Crippen LogP contribution in [0.2, 0.25) is 0 Å². The van der Waals surface area contributed by atoms with Crippen LogP contribution in [0.3, 0.4) is 0 Å². The molecule has 0 fully saturated rings. The highest BCUT2D eigenvalue weighted by Crippen LogP contribution is 2.28. The molecular formula is C30H30N4O4. The zero-order valence-corrected chi connectivity index (χ0v) is 20.7. The Morgan fingerprint density at radius 3 is 2.45 bits per heavy atom. The first kappa shape index (κ1) is 26.4. The maximum absolute atomic E-state index is 12.7. The number of hydrogen-bond donors (Lipinski definition) is 6. The summed E-state index contributed by atoms with van der Waals surface area (Å²) in [5.41, 5.74) is 5.20. The molecule has 194 valence electrons. The third kappa shape index (κ3) is 7.19. The summed E-state index contributed by atoms with van der Waals surface area (Å²) in [4.78, 5) is 23.4.